The highest BCUT2D eigenvalue weighted by Gasteiger charge is 2.32. The van der Waals surface area contributed by atoms with Crippen LogP contribution in [0.1, 0.15) is 37.6 Å². The average Bonchev–Trinajstić information content (AvgIpc) is 2.49. The van der Waals surface area contributed by atoms with Crippen molar-refractivity contribution in [1.29, 1.82) is 0 Å². The predicted octanol–water partition coefficient (Wildman–Crippen LogP) is 3.33. The number of hydrogen-bond acceptors (Lipinski definition) is 2. The van der Waals surface area contributed by atoms with Crippen LogP contribution < -0.4 is 5.32 Å². The molecule has 0 aliphatic heterocycles. The van der Waals surface area contributed by atoms with Crippen molar-refractivity contribution in [3.63, 3.8) is 0 Å². The van der Waals surface area contributed by atoms with Crippen LogP contribution in [0.5, 0.6) is 0 Å². The summed E-state index contributed by atoms with van der Waals surface area (Å²) in [5.41, 5.74) is -1.24. The molecule has 0 aliphatic rings. The molecule has 128 valence electrons. The van der Waals surface area contributed by atoms with Crippen molar-refractivity contribution in [3.05, 3.63) is 35.4 Å². The van der Waals surface area contributed by atoms with Gasteiger partial charge in [0.05, 0.1) is 5.56 Å². The molecular formula is C15H17F4NO3. The first-order chi connectivity index (χ1) is 10.6. The number of nitrogens with one attached hydrogen (secondary N) is 1. The monoisotopic (exact) mass is 335 g/mol. The van der Waals surface area contributed by atoms with E-state index in [1.807, 2.05) is 0 Å². The first kappa shape index (κ1) is 18.9. The van der Waals surface area contributed by atoms with Crippen LogP contribution in [-0.4, -0.2) is 23.0 Å². The second kappa shape index (κ2) is 7.43. The number of carbonyl (C=O) groups is 2. The Hall–Kier alpha value is -2.12. The molecule has 0 saturated heterocycles. The summed E-state index contributed by atoms with van der Waals surface area (Å²) < 4.78 is 51.4. The van der Waals surface area contributed by atoms with Gasteiger partial charge in [-0.25, -0.2) is 9.18 Å². The first-order valence-electron chi connectivity index (χ1n) is 6.92. The molecule has 1 aromatic carbocycles. The van der Waals surface area contributed by atoms with Crippen molar-refractivity contribution in [3.8, 4) is 0 Å². The Balaban J connectivity index is 2.85. The van der Waals surface area contributed by atoms with E-state index in [2.05, 4.69) is 5.32 Å². The fourth-order valence-electron chi connectivity index (χ4n) is 1.90. The van der Waals surface area contributed by atoms with Crippen LogP contribution in [0, 0.1) is 5.92 Å². The van der Waals surface area contributed by atoms with Gasteiger partial charge in [0, 0.05) is 0 Å². The molecule has 23 heavy (non-hydrogen) atoms. The van der Waals surface area contributed by atoms with E-state index in [0.29, 0.717) is 18.6 Å². The molecular weight excluding hydrogens is 318 g/mol. The van der Waals surface area contributed by atoms with Crippen molar-refractivity contribution >= 4 is 11.9 Å². The predicted molar refractivity (Wildman–Crippen MR) is 74.3 cm³/mol. The normalized spacial score (nSPS) is 15.6. The molecule has 1 unspecified atom stereocenters. The zero-order valence-electron chi connectivity index (χ0n) is 12.5. The second-order valence-electron chi connectivity index (χ2n) is 5.19. The zero-order chi connectivity index (χ0) is 17.8. The summed E-state index contributed by atoms with van der Waals surface area (Å²) >= 11 is 0. The van der Waals surface area contributed by atoms with Gasteiger partial charge in [-0.2, -0.15) is 13.2 Å². The minimum atomic E-state index is -4.56. The average molecular weight is 335 g/mol. The molecule has 1 amide bonds. The zero-order valence-corrected chi connectivity index (χ0v) is 12.5. The van der Waals surface area contributed by atoms with Gasteiger partial charge in [0.1, 0.15) is 6.04 Å². The maximum Gasteiger partial charge on any atom is 0.416 e. The Bertz CT molecular complexity index is 557. The van der Waals surface area contributed by atoms with E-state index in [-0.39, 0.29) is 5.56 Å². The fraction of sp³-hybridized carbons (Fsp3) is 0.467. The number of aliphatic carboxylic acids is 1. The van der Waals surface area contributed by atoms with Gasteiger partial charge in [-0.05, 0) is 23.6 Å². The quantitative estimate of drug-likeness (QED) is 0.784. The number of hydrogen-bond donors (Lipinski definition) is 2. The molecule has 8 heteroatoms. The van der Waals surface area contributed by atoms with E-state index in [9.17, 15) is 27.2 Å². The van der Waals surface area contributed by atoms with Crippen LogP contribution in [0.15, 0.2) is 24.3 Å². The van der Waals surface area contributed by atoms with E-state index in [1.165, 1.54) is 0 Å². The SMILES string of the molecule is CC[C@H](C)[C@H](NC(=O)C(F)c1ccc(C(F)(F)F)cc1)C(=O)O. The van der Waals surface area contributed by atoms with Crippen LogP contribution >= 0.6 is 0 Å². The largest absolute Gasteiger partial charge is 0.480 e. The Morgan fingerprint density at radius 3 is 2.13 bits per heavy atom. The van der Waals surface area contributed by atoms with Gasteiger partial charge < -0.3 is 10.4 Å². The number of alkyl halides is 4. The molecule has 4 nitrogen and oxygen atoms in total. The maximum absolute atomic E-state index is 14.1. The van der Waals surface area contributed by atoms with Gasteiger partial charge in [-0.15, -0.1) is 0 Å². The summed E-state index contributed by atoms with van der Waals surface area (Å²) in [5, 5.41) is 11.1. The first-order valence-corrected chi connectivity index (χ1v) is 6.92. The Labute approximate surface area is 130 Å². The summed E-state index contributed by atoms with van der Waals surface area (Å²) in [6.45, 7) is 3.31. The molecule has 0 radical (unpaired) electrons. The van der Waals surface area contributed by atoms with Crippen LogP contribution in [0.25, 0.3) is 0 Å². The summed E-state index contributed by atoms with van der Waals surface area (Å²) in [4.78, 5) is 22.9. The second-order valence-corrected chi connectivity index (χ2v) is 5.19. The number of benzene rings is 1. The van der Waals surface area contributed by atoms with E-state index >= 15 is 0 Å². The van der Waals surface area contributed by atoms with Gasteiger partial charge in [-0.3, -0.25) is 4.79 Å². The maximum atomic E-state index is 14.1. The van der Waals surface area contributed by atoms with Gasteiger partial charge >= 0.3 is 12.1 Å². The van der Waals surface area contributed by atoms with Gasteiger partial charge in [0.15, 0.2) is 0 Å². The van der Waals surface area contributed by atoms with Crippen LogP contribution in [0.4, 0.5) is 17.6 Å². The highest BCUT2D eigenvalue weighted by atomic mass is 19.4. The van der Waals surface area contributed by atoms with Crippen molar-refractivity contribution in [1.82, 2.24) is 5.32 Å². The molecule has 0 bridgehead atoms. The van der Waals surface area contributed by atoms with Gasteiger partial charge in [-0.1, -0.05) is 32.4 Å². The molecule has 0 saturated carbocycles. The van der Waals surface area contributed by atoms with Crippen molar-refractivity contribution < 1.29 is 32.3 Å². The molecule has 1 rings (SSSR count). The molecule has 0 aliphatic carbocycles. The number of carbonyl (C=O) groups excluding carboxylic acids is 1. The number of carboxylic acids is 1. The lowest BCUT2D eigenvalue weighted by molar-refractivity contribution is -0.144. The van der Waals surface area contributed by atoms with E-state index in [1.54, 1.807) is 13.8 Å². The van der Waals surface area contributed by atoms with Gasteiger partial charge in [0.25, 0.3) is 5.91 Å². The fourth-order valence-corrected chi connectivity index (χ4v) is 1.90. The topological polar surface area (TPSA) is 66.4 Å². The Morgan fingerprint density at radius 2 is 1.74 bits per heavy atom. The molecule has 0 aromatic heterocycles. The van der Waals surface area contributed by atoms with Gasteiger partial charge in [0.2, 0.25) is 6.17 Å². The molecule has 3 atom stereocenters. The number of rotatable bonds is 6. The number of amides is 1. The third kappa shape index (κ3) is 4.94. The summed E-state index contributed by atoms with van der Waals surface area (Å²) in [7, 11) is 0. The van der Waals surface area contributed by atoms with Crippen LogP contribution in [0.3, 0.4) is 0 Å². The molecule has 0 fully saturated rings. The lowest BCUT2D eigenvalue weighted by Gasteiger charge is -2.21. The summed E-state index contributed by atoms with van der Waals surface area (Å²) in [6.07, 6.45) is -6.35. The minimum absolute atomic E-state index is 0.274. The summed E-state index contributed by atoms with van der Waals surface area (Å²) in [5.74, 6) is -2.92. The standard InChI is InChI=1S/C15H17F4NO3/c1-3-8(2)12(14(22)23)20-13(21)11(16)9-4-6-10(7-5-9)15(17,18)19/h4-8,11-12H,3H2,1-2H3,(H,20,21)(H,22,23)/t8-,11?,12-/m0/s1. The van der Waals surface area contributed by atoms with E-state index in [4.69, 9.17) is 5.11 Å². The molecule has 0 spiro atoms. The van der Waals surface area contributed by atoms with Crippen molar-refractivity contribution in [2.75, 3.05) is 0 Å². The van der Waals surface area contributed by atoms with E-state index < -0.39 is 41.7 Å². The van der Waals surface area contributed by atoms with Crippen LogP contribution in [-0.2, 0) is 15.8 Å². The molecule has 0 heterocycles. The van der Waals surface area contributed by atoms with Crippen LogP contribution in [0.2, 0.25) is 0 Å². The highest BCUT2D eigenvalue weighted by molar-refractivity contribution is 5.87. The number of carboxylic acid groups (broad SMARTS) is 1. The minimum Gasteiger partial charge on any atom is -0.480 e. The molecule has 2 N–H and O–H groups in total. The van der Waals surface area contributed by atoms with Crippen molar-refractivity contribution in [2.45, 2.75) is 38.7 Å². The highest BCUT2D eigenvalue weighted by Crippen LogP contribution is 2.30. The lowest BCUT2D eigenvalue weighted by Crippen LogP contribution is -2.46. The molecule has 1 aromatic rings. The van der Waals surface area contributed by atoms with E-state index in [0.717, 1.165) is 12.1 Å². The summed E-state index contributed by atoms with van der Waals surface area (Å²) in [6, 6.07) is 1.77. The van der Waals surface area contributed by atoms with Crippen molar-refractivity contribution in [2.24, 2.45) is 5.92 Å². The third-order valence-corrected chi connectivity index (χ3v) is 3.54. The third-order valence-electron chi connectivity index (χ3n) is 3.54. The number of halogens is 4. The Kier molecular flexibility index (Phi) is 6.12. The Morgan fingerprint density at radius 1 is 1.22 bits per heavy atom. The smallest absolute Gasteiger partial charge is 0.416 e. The lowest BCUT2D eigenvalue weighted by atomic mass is 9.98.